The number of hydrogen-bond donors (Lipinski definition) is 0. The summed E-state index contributed by atoms with van der Waals surface area (Å²) in [4.78, 5) is 28.4. The summed E-state index contributed by atoms with van der Waals surface area (Å²) in [6, 6.07) is 0. The zero-order valence-electron chi connectivity index (χ0n) is 10.8. The van der Waals surface area contributed by atoms with Gasteiger partial charge in [-0.1, -0.05) is 0 Å². The zero-order chi connectivity index (χ0) is 13.5. The van der Waals surface area contributed by atoms with Gasteiger partial charge in [0.15, 0.2) is 5.92 Å². The summed E-state index contributed by atoms with van der Waals surface area (Å²) in [7, 11) is 0. The van der Waals surface area contributed by atoms with Crippen molar-refractivity contribution in [2.45, 2.75) is 27.2 Å². The molecule has 0 radical (unpaired) electrons. The molecule has 1 rings (SSSR count). The van der Waals surface area contributed by atoms with E-state index in [2.05, 4.69) is 4.98 Å². The fourth-order valence-corrected chi connectivity index (χ4v) is 2.29. The standard InChI is InChI=1S/C12H17NO4S/c1-4-16-11(14)10(12(15)17-5-2)6-9-7-13-8(3)18-9/h7,10H,4-6H2,1-3H3. The second-order valence-corrected chi connectivity index (χ2v) is 4.93. The molecule has 0 bridgehead atoms. The summed E-state index contributed by atoms with van der Waals surface area (Å²) in [6.45, 7) is 5.78. The largest absolute Gasteiger partial charge is 0.465 e. The van der Waals surface area contributed by atoms with Crippen LogP contribution in [0, 0.1) is 12.8 Å². The van der Waals surface area contributed by atoms with E-state index < -0.39 is 17.9 Å². The fourth-order valence-electron chi connectivity index (χ4n) is 1.45. The Morgan fingerprint density at radius 3 is 2.22 bits per heavy atom. The van der Waals surface area contributed by atoms with E-state index in [1.54, 1.807) is 20.0 Å². The molecule has 100 valence electrons. The van der Waals surface area contributed by atoms with Gasteiger partial charge in [0.25, 0.3) is 0 Å². The number of thiazole rings is 1. The first-order chi connectivity index (χ1) is 8.58. The number of ether oxygens (including phenoxy) is 2. The summed E-state index contributed by atoms with van der Waals surface area (Å²) >= 11 is 1.46. The van der Waals surface area contributed by atoms with Crippen LogP contribution in [0.25, 0.3) is 0 Å². The number of carbonyl (C=O) groups excluding carboxylic acids is 2. The van der Waals surface area contributed by atoms with E-state index in [0.717, 1.165) is 9.88 Å². The lowest BCUT2D eigenvalue weighted by atomic mass is 10.1. The second-order valence-electron chi connectivity index (χ2n) is 3.61. The minimum absolute atomic E-state index is 0.246. The molecule has 0 saturated carbocycles. The predicted molar refractivity (Wildman–Crippen MR) is 67.3 cm³/mol. The van der Waals surface area contributed by atoms with Gasteiger partial charge in [0.05, 0.1) is 18.2 Å². The highest BCUT2D eigenvalue weighted by Gasteiger charge is 2.30. The minimum atomic E-state index is -0.898. The molecular weight excluding hydrogens is 254 g/mol. The summed E-state index contributed by atoms with van der Waals surface area (Å²) in [5.74, 6) is -1.98. The van der Waals surface area contributed by atoms with E-state index in [4.69, 9.17) is 9.47 Å². The molecule has 0 unspecified atom stereocenters. The van der Waals surface area contributed by atoms with E-state index in [1.165, 1.54) is 11.3 Å². The van der Waals surface area contributed by atoms with E-state index >= 15 is 0 Å². The SMILES string of the molecule is CCOC(=O)C(Cc1cnc(C)s1)C(=O)OCC. The van der Waals surface area contributed by atoms with Crippen LogP contribution in [0.4, 0.5) is 0 Å². The van der Waals surface area contributed by atoms with Crippen molar-refractivity contribution in [2.24, 2.45) is 5.92 Å². The Morgan fingerprint density at radius 1 is 1.28 bits per heavy atom. The van der Waals surface area contributed by atoms with E-state index in [0.29, 0.717) is 0 Å². The third kappa shape index (κ3) is 4.10. The Balaban J connectivity index is 2.76. The number of rotatable bonds is 6. The first-order valence-electron chi connectivity index (χ1n) is 5.83. The first-order valence-corrected chi connectivity index (χ1v) is 6.64. The third-order valence-electron chi connectivity index (χ3n) is 2.22. The van der Waals surface area contributed by atoms with Crippen LogP contribution in [-0.2, 0) is 25.5 Å². The highest BCUT2D eigenvalue weighted by Crippen LogP contribution is 2.18. The number of aryl methyl sites for hydroxylation is 1. The van der Waals surface area contributed by atoms with Crippen molar-refractivity contribution < 1.29 is 19.1 Å². The Kier molecular flexibility index (Phi) is 5.77. The third-order valence-corrected chi connectivity index (χ3v) is 3.15. The maximum Gasteiger partial charge on any atom is 0.320 e. The minimum Gasteiger partial charge on any atom is -0.465 e. The molecule has 0 atom stereocenters. The van der Waals surface area contributed by atoms with Crippen molar-refractivity contribution in [1.82, 2.24) is 4.98 Å². The molecule has 0 fully saturated rings. The van der Waals surface area contributed by atoms with Crippen LogP contribution in [0.5, 0.6) is 0 Å². The fraction of sp³-hybridized carbons (Fsp3) is 0.583. The van der Waals surface area contributed by atoms with Crippen molar-refractivity contribution in [1.29, 1.82) is 0 Å². The van der Waals surface area contributed by atoms with Crippen molar-refractivity contribution in [2.75, 3.05) is 13.2 Å². The Labute approximate surface area is 110 Å². The van der Waals surface area contributed by atoms with Crippen LogP contribution < -0.4 is 0 Å². The molecule has 0 N–H and O–H groups in total. The van der Waals surface area contributed by atoms with Crippen LogP contribution in [-0.4, -0.2) is 30.1 Å². The van der Waals surface area contributed by atoms with E-state index in [-0.39, 0.29) is 19.6 Å². The van der Waals surface area contributed by atoms with Crippen molar-refractivity contribution in [3.05, 3.63) is 16.1 Å². The summed E-state index contributed by atoms with van der Waals surface area (Å²) in [6.07, 6.45) is 1.95. The van der Waals surface area contributed by atoms with Gasteiger partial charge in [-0.25, -0.2) is 4.98 Å². The zero-order valence-corrected chi connectivity index (χ0v) is 11.6. The molecule has 0 aliphatic rings. The summed E-state index contributed by atoms with van der Waals surface area (Å²) in [5, 5.41) is 0.900. The number of hydrogen-bond acceptors (Lipinski definition) is 6. The van der Waals surface area contributed by atoms with Crippen LogP contribution in [0.1, 0.15) is 23.7 Å². The maximum absolute atomic E-state index is 11.7. The summed E-state index contributed by atoms with van der Waals surface area (Å²) < 4.78 is 9.79. The first kappa shape index (κ1) is 14.6. The van der Waals surface area contributed by atoms with Gasteiger partial charge in [0.1, 0.15) is 0 Å². The van der Waals surface area contributed by atoms with Gasteiger partial charge >= 0.3 is 11.9 Å². The molecule has 18 heavy (non-hydrogen) atoms. The molecular formula is C12H17NO4S. The van der Waals surface area contributed by atoms with Crippen molar-refractivity contribution in [3.8, 4) is 0 Å². The topological polar surface area (TPSA) is 65.5 Å². The quantitative estimate of drug-likeness (QED) is 0.582. The van der Waals surface area contributed by atoms with Crippen LogP contribution >= 0.6 is 11.3 Å². The van der Waals surface area contributed by atoms with Gasteiger partial charge in [-0.2, -0.15) is 0 Å². The van der Waals surface area contributed by atoms with E-state index in [9.17, 15) is 9.59 Å². The van der Waals surface area contributed by atoms with Crippen LogP contribution in [0.15, 0.2) is 6.20 Å². The van der Waals surface area contributed by atoms with E-state index in [1.807, 2.05) is 6.92 Å². The maximum atomic E-state index is 11.7. The molecule has 0 aromatic carbocycles. The monoisotopic (exact) mass is 271 g/mol. The average molecular weight is 271 g/mol. The lowest BCUT2D eigenvalue weighted by Gasteiger charge is -2.13. The average Bonchev–Trinajstić information content (AvgIpc) is 2.72. The number of aromatic nitrogens is 1. The van der Waals surface area contributed by atoms with Gasteiger partial charge < -0.3 is 9.47 Å². The molecule has 5 nitrogen and oxygen atoms in total. The lowest BCUT2D eigenvalue weighted by molar-refractivity contribution is -0.161. The molecule has 1 aromatic rings. The van der Waals surface area contributed by atoms with Gasteiger partial charge in [0, 0.05) is 17.5 Å². The molecule has 0 aliphatic heterocycles. The number of nitrogens with zero attached hydrogens (tertiary/aromatic N) is 1. The molecule has 6 heteroatoms. The van der Waals surface area contributed by atoms with Gasteiger partial charge in [0.2, 0.25) is 0 Å². The highest BCUT2D eigenvalue weighted by molar-refractivity contribution is 7.11. The Morgan fingerprint density at radius 2 is 1.83 bits per heavy atom. The van der Waals surface area contributed by atoms with Gasteiger partial charge in [-0.3, -0.25) is 9.59 Å². The van der Waals surface area contributed by atoms with Crippen molar-refractivity contribution in [3.63, 3.8) is 0 Å². The number of carbonyl (C=O) groups is 2. The predicted octanol–water partition coefficient (Wildman–Crippen LogP) is 1.74. The molecule has 1 heterocycles. The molecule has 0 saturated heterocycles. The Hall–Kier alpha value is -1.43. The molecule has 0 spiro atoms. The summed E-state index contributed by atoms with van der Waals surface area (Å²) in [5.41, 5.74) is 0. The Bertz CT molecular complexity index is 398. The lowest BCUT2D eigenvalue weighted by Crippen LogP contribution is -2.29. The van der Waals surface area contributed by atoms with Crippen LogP contribution in [0.3, 0.4) is 0 Å². The smallest absolute Gasteiger partial charge is 0.320 e. The van der Waals surface area contributed by atoms with Crippen molar-refractivity contribution >= 4 is 23.3 Å². The normalized spacial score (nSPS) is 10.4. The molecule has 0 aliphatic carbocycles. The van der Waals surface area contributed by atoms with Crippen LogP contribution in [0.2, 0.25) is 0 Å². The number of esters is 2. The van der Waals surface area contributed by atoms with Gasteiger partial charge in [-0.15, -0.1) is 11.3 Å². The molecule has 0 amide bonds. The molecule has 1 aromatic heterocycles. The highest BCUT2D eigenvalue weighted by atomic mass is 32.1. The van der Waals surface area contributed by atoms with Gasteiger partial charge in [-0.05, 0) is 20.8 Å². The second kappa shape index (κ2) is 7.10.